The highest BCUT2D eigenvalue weighted by Gasteiger charge is 2.34. The molecule has 0 spiro atoms. The van der Waals surface area contributed by atoms with Gasteiger partial charge in [-0.25, -0.2) is 0 Å². The summed E-state index contributed by atoms with van der Waals surface area (Å²) >= 11 is 5.42. The summed E-state index contributed by atoms with van der Waals surface area (Å²) in [6.45, 7) is 0. The van der Waals surface area contributed by atoms with Crippen molar-refractivity contribution in [3.63, 3.8) is 0 Å². The van der Waals surface area contributed by atoms with E-state index in [-0.39, 0.29) is 11.4 Å². The molecule has 6 nitrogen and oxygen atoms in total. The van der Waals surface area contributed by atoms with Gasteiger partial charge in [-0.2, -0.15) is 4.98 Å². The average Bonchev–Trinajstić information content (AvgIpc) is 2.24. The largest absolute Gasteiger partial charge is 0.574 e. The van der Waals surface area contributed by atoms with Crippen LogP contribution in [0.3, 0.4) is 0 Å². The Morgan fingerprint density at radius 3 is 2.56 bits per heavy atom. The zero-order chi connectivity index (χ0) is 13.9. The zero-order valence-electron chi connectivity index (χ0n) is 8.82. The Hall–Kier alpha value is -1.77. The Labute approximate surface area is 103 Å². The van der Waals surface area contributed by atoms with Gasteiger partial charge in [-0.15, -0.1) is 24.8 Å². The van der Waals surface area contributed by atoms with E-state index < -0.39 is 28.7 Å². The summed E-state index contributed by atoms with van der Waals surface area (Å²) < 4.78 is 44.1. The van der Waals surface area contributed by atoms with E-state index in [0.29, 0.717) is 0 Å². The predicted octanol–water partition coefficient (Wildman–Crippen LogP) is 2.64. The summed E-state index contributed by atoms with van der Waals surface area (Å²) in [7, 11) is 1.03. The molecule has 0 unspecified atom stereocenters. The lowest BCUT2D eigenvalue weighted by molar-refractivity contribution is -0.386. The number of hydrogen-bond donors (Lipinski definition) is 0. The van der Waals surface area contributed by atoms with Crippen molar-refractivity contribution in [2.24, 2.45) is 0 Å². The van der Waals surface area contributed by atoms with E-state index in [2.05, 4.69) is 14.5 Å². The third-order valence-electron chi connectivity index (χ3n) is 1.76. The normalized spacial score (nSPS) is 11.2. The van der Waals surface area contributed by atoms with Crippen LogP contribution in [0.1, 0.15) is 5.56 Å². The van der Waals surface area contributed by atoms with Crippen molar-refractivity contribution < 1.29 is 27.6 Å². The smallest absolute Gasteiger partial charge is 0.476 e. The minimum Gasteiger partial charge on any atom is -0.476 e. The summed E-state index contributed by atoms with van der Waals surface area (Å²) in [4.78, 5) is 13.1. The predicted molar refractivity (Wildman–Crippen MR) is 53.7 cm³/mol. The maximum Gasteiger partial charge on any atom is 0.574 e. The summed E-state index contributed by atoms with van der Waals surface area (Å²) in [6, 6.07) is 0.737. The molecule has 0 saturated carbocycles. The fourth-order valence-corrected chi connectivity index (χ4v) is 1.35. The molecule has 0 saturated heterocycles. The van der Waals surface area contributed by atoms with Crippen LogP contribution in [0, 0.1) is 10.1 Å². The molecule has 0 fully saturated rings. The third kappa shape index (κ3) is 3.36. The van der Waals surface area contributed by atoms with Crippen LogP contribution in [0.4, 0.5) is 18.9 Å². The van der Waals surface area contributed by atoms with Gasteiger partial charge in [0.2, 0.25) is 5.88 Å². The minimum absolute atomic E-state index is 0.187. The molecule has 1 aromatic rings. The van der Waals surface area contributed by atoms with E-state index in [1.807, 2.05) is 0 Å². The monoisotopic (exact) mass is 286 g/mol. The number of rotatable bonds is 4. The highest BCUT2D eigenvalue weighted by molar-refractivity contribution is 6.17. The van der Waals surface area contributed by atoms with Gasteiger partial charge in [0.1, 0.15) is 0 Å². The second-order valence-electron chi connectivity index (χ2n) is 2.92. The third-order valence-corrected chi connectivity index (χ3v) is 2.04. The molecule has 0 atom stereocenters. The first-order valence-electron chi connectivity index (χ1n) is 4.32. The Morgan fingerprint density at radius 2 is 2.17 bits per heavy atom. The lowest BCUT2D eigenvalue weighted by atomic mass is 10.2. The molecule has 0 aliphatic rings. The maximum atomic E-state index is 12.0. The molecule has 0 radical (unpaired) electrons. The molecule has 0 aliphatic carbocycles. The number of aromatic nitrogens is 1. The van der Waals surface area contributed by atoms with Crippen molar-refractivity contribution in [1.29, 1.82) is 0 Å². The van der Waals surface area contributed by atoms with Crippen LogP contribution in [-0.2, 0) is 5.88 Å². The van der Waals surface area contributed by atoms with E-state index in [1.165, 1.54) is 0 Å². The molecule has 0 aromatic carbocycles. The molecule has 1 rings (SSSR count). The van der Waals surface area contributed by atoms with Gasteiger partial charge in [0.15, 0.2) is 0 Å². The fourth-order valence-electron chi connectivity index (χ4n) is 1.15. The topological polar surface area (TPSA) is 74.5 Å². The van der Waals surface area contributed by atoms with Crippen LogP contribution in [0.15, 0.2) is 6.07 Å². The molecule has 0 aliphatic heterocycles. The number of nitro groups is 1. The van der Waals surface area contributed by atoms with E-state index in [0.717, 1.165) is 13.2 Å². The highest BCUT2D eigenvalue weighted by Crippen LogP contribution is 2.34. The molecule has 0 bridgehead atoms. The van der Waals surface area contributed by atoms with Gasteiger partial charge in [0.05, 0.1) is 23.5 Å². The molecular formula is C8H6ClF3N2O4. The number of halogens is 4. The lowest BCUT2D eigenvalue weighted by Crippen LogP contribution is -2.18. The van der Waals surface area contributed by atoms with E-state index in [1.54, 1.807) is 0 Å². The SMILES string of the molecule is COc1nc(OC(F)(F)F)cc(CCl)c1[N+](=O)[O-]. The highest BCUT2D eigenvalue weighted by atomic mass is 35.5. The van der Waals surface area contributed by atoms with Crippen molar-refractivity contribution in [2.45, 2.75) is 12.2 Å². The van der Waals surface area contributed by atoms with E-state index >= 15 is 0 Å². The standard InChI is InChI=1S/C8H6ClF3N2O4/c1-17-7-6(14(15)16)4(3-9)2-5(13-7)18-8(10,11)12/h2H,3H2,1H3. The van der Waals surface area contributed by atoms with Crippen molar-refractivity contribution >= 4 is 17.3 Å². The first-order chi connectivity index (χ1) is 8.28. The molecule has 1 aromatic heterocycles. The van der Waals surface area contributed by atoms with Gasteiger partial charge in [-0.3, -0.25) is 10.1 Å². The number of nitrogens with zero attached hydrogens (tertiary/aromatic N) is 2. The molecule has 10 heteroatoms. The van der Waals surface area contributed by atoms with Gasteiger partial charge in [-0.1, -0.05) is 0 Å². The van der Waals surface area contributed by atoms with Crippen LogP contribution < -0.4 is 9.47 Å². The minimum atomic E-state index is -4.96. The summed E-state index contributed by atoms with van der Waals surface area (Å²) in [5.74, 6) is -1.86. The van der Waals surface area contributed by atoms with Gasteiger partial charge in [0.25, 0.3) is 5.88 Å². The van der Waals surface area contributed by atoms with E-state index in [4.69, 9.17) is 11.6 Å². The first-order valence-corrected chi connectivity index (χ1v) is 4.86. The molecule has 0 amide bonds. The Bertz CT molecular complexity index is 441. The number of ether oxygens (including phenoxy) is 2. The number of alkyl halides is 4. The van der Waals surface area contributed by atoms with Crippen molar-refractivity contribution in [3.8, 4) is 11.8 Å². The van der Waals surface area contributed by atoms with Gasteiger partial charge >= 0.3 is 12.0 Å². The Balaban J connectivity index is 3.30. The second-order valence-corrected chi connectivity index (χ2v) is 3.18. The van der Waals surface area contributed by atoms with Crippen LogP contribution >= 0.6 is 11.6 Å². The summed E-state index contributed by atoms with van der Waals surface area (Å²) in [5, 5.41) is 10.7. The Kier molecular flexibility index (Phi) is 4.17. The van der Waals surface area contributed by atoms with Crippen LogP contribution in [-0.4, -0.2) is 23.4 Å². The van der Waals surface area contributed by atoms with Gasteiger partial charge in [0, 0.05) is 6.07 Å². The van der Waals surface area contributed by atoms with E-state index in [9.17, 15) is 23.3 Å². The summed E-state index contributed by atoms with van der Waals surface area (Å²) in [5.41, 5.74) is -0.783. The molecule has 18 heavy (non-hydrogen) atoms. The van der Waals surface area contributed by atoms with Crippen LogP contribution in [0.5, 0.6) is 11.8 Å². The number of methoxy groups -OCH3 is 1. The maximum absolute atomic E-state index is 12.0. The zero-order valence-corrected chi connectivity index (χ0v) is 9.58. The Morgan fingerprint density at radius 1 is 1.56 bits per heavy atom. The molecule has 0 N–H and O–H groups in total. The molecule has 100 valence electrons. The number of hydrogen-bond acceptors (Lipinski definition) is 5. The summed E-state index contributed by atoms with van der Waals surface area (Å²) in [6.07, 6.45) is -4.96. The van der Waals surface area contributed by atoms with Crippen molar-refractivity contribution in [3.05, 3.63) is 21.7 Å². The lowest BCUT2D eigenvalue weighted by Gasteiger charge is -2.10. The fraction of sp³-hybridized carbons (Fsp3) is 0.375. The van der Waals surface area contributed by atoms with Crippen LogP contribution in [0.25, 0.3) is 0 Å². The average molecular weight is 287 g/mol. The second kappa shape index (κ2) is 5.25. The number of pyridine rings is 1. The van der Waals surface area contributed by atoms with Gasteiger partial charge < -0.3 is 9.47 Å². The molecular weight excluding hydrogens is 281 g/mol. The van der Waals surface area contributed by atoms with Crippen molar-refractivity contribution in [2.75, 3.05) is 7.11 Å². The quantitative estimate of drug-likeness (QED) is 0.483. The first kappa shape index (κ1) is 14.3. The molecule has 1 heterocycles. The van der Waals surface area contributed by atoms with Crippen molar-refractivity contribution in [1.82, 2.24) is 4.98 Å². The van der Waals surface area contributed by atoms with Gasteiger partial charge in [-0.05, 0) is 0 Å². The van der Waals surface area contributed by atoms with Crippen LogP contribution in [0.2, 0.25) is 0 Å².